The number of halogens is 1. The van der Waals surface area contributed by atoms with E-state index in [-0.39, 0.29) is 17.6 Å². The highest BCUT2D eigenvalue weighted by molar-refractivity contribution is 5.30. The highest BCUT2D eigenvalue weighted by atomic mass is 19.1. The summed E-state index contributed by atoms with van der Waals surface area (Å²) in [6.07, 6.45) is 0.539. The molecule has 4 heteroatoms. The molecular formula is C15H17FN2O. The van der Waals surface area contributed by atoms with Crippen LogP contribution in [0, 0.1) is 12.7 Å². The van der Waals surface area contributed by atoms with Crippen molar-refractivity contribution in [2.75, 3.05) is 7.11 Å². The van der Waals surface area contributed by atoms with Gasteiger partial charge in [-0.3, -0.25) is 4.98 Å². The SMILES string of the molecule is COc1ccc(CC(N)c2cccc(C)n2)cc1F. The van der Waals surface area contributed by atoms with E-state index < -0.39 is 0 Å². The van der Waals surface area contributed by atoms with Gasteiger partial charge in [-0.15, -0.1) is 0 Å². The first kappa shape index (κ1) is 13.5. The third-order valence-corrected chi connectivity index (χ3v) is 2.96. The number of nitrogens with two attached hydrogens (primary N) is 1. The highest BCUT2D eigenvalue weighted by Gasteiger charge is 2.10. The smallest absolute Gasteiger partial charge is 0.165 e. The van der Waals surface area contributed by atoms with E-state index in [1.165, 1.54) is 13.2 Å². The van der Waals surface area contributed by atoms with Gasteiger partial charge in [-0.25, -0.2) is 4.39 Å². The molecule has 0 fully saturated rings. The quantitative estimate of drug-likeness (QED) is 0.919. The lowest BCUT2D eigenvalue weighted by molar-refractivity contribution is 0.386. The Kier molecular flexibility index (Phi) is 4.12. The molecule has 0 saturated carbocycles. The zero-order chi connectivity index (χ0) is 13.8. The first-order valence-corrected chi connectivity index (χ1v) is 6.11. The molecule has 100 valence electrons. The first-order valence-electron chi connectivity index (χ1n) is 6.11. The third kappa shape index (κ3) is 3.29. The molecule has 0 radical (unpaired) electrons. The molecular weight excluding hydrogens is 243 g/mol. The maximum atomic E-state index is 13.6. The number of pyridine rings is 1. The van der Waals surface area contributed by atoms with Crippen LogP contribution in [0.15, 0.2) is 36.4 Å². The molecule has 1 atom stereocenters. The molecule has 2 aromatic rings. The van der Waals surface area contributed by atoms with Gasteiger partial charge in [0.25, 0.3) is 0 Å². The topological polar surface area (TPSA) is 48.1 Å². The predicted molar refractivity (Wildman–Crippen MR) is 72.6 cm³/mol. The molecule has 0 bridgehead atoms. The summed E-state index contributed by atoms with van der Waals surface area (Å²) in [5.41, 5.74) is 8.67. The minimum absolute atomic E-state index is 0.242. The van der Waals surface area contributed by atoms with Gasteiger partial charge in [0, 0.05) is 5.69 Å². The van der Waals surface area contributed by atoms with Gasteiger partial charge in [0.05, 0.1) is 18.8 Å². The van der Waals surface area contributed by atoms with Gasteiger partial charge in [0.2, 0.25) is 0 Å². The van der Waals surface area contributed by atoms with Crippen LogP contribution in [-0.4, -0.2) is 12.1 Å². The van der Waals surface area contributed by atoms with Gasteiger partial charge >= 0.3 is 0 Å². The van der Waals surface area contributed by atoms with Crippen molar-refractivity contribution in [2.45, 2.75) is 19.4 Å². The molecule has 19 heavy (non-hydrogen) atoms. The molecule has 3 nitrogen and oxygen atoms in total. The third-order valence-electron chi connectivity index (χ3n) is 2.96. The van der Waals surface area contributed by atoms with E-state index >= 15 is 0 Å². The highest BCUT2D eigenvalue weighted by Crippen LogP contribution is 2.21. The van der Waals surface area contributed by atoms with Crippen molar-refractivity contribution in [1.29, 1.82) is 0 Å². The van der Waals surface area contributed by atoms with E-state index in [9.17, 15) is 4.39 Å². The van der Waals surface area contributed by atoms with Crippen LogP contribution in [0.25, 0.3) is 0 Å². The van der Waals surface area contributed by atoms with Gasteiger partial charge in [0.15, 0.2) is 11.6 Å². The van der Waals surface area contributed by atoms with E-state index in [4.69, 9.17) is 10.5 Å². The number of benzene rings is 1. The molecule has 2 rings (SSSR count). The monoisotopic (exact) mass is 260 g/mol. The predicted octanol–water partition coefficient (Wildman–Crippen LogP) is 2.78. The Morgan fingerprint density at radius 1 is 1.32 bits per heavy atom. The maximum Gasteiger partial charge on any atom is 0.165 e. The van der Waals surface area contributed by atoms with E-state index in [0.29, 0.717) is 6.42 Å². The number of hydrogen-bond acceptors (Lipinski definition) is 3. The molecule has 0 spiro atoms. The number of hydrogen-bond donors (Lipinski definition) is 1. The molecule has 1 heterocycles. The zero-order valence-electron chi connectivity index (χ0n) is 11.1. The average Bonchev–Trinajstić information content (AvgIpc) is 2.39. The summed E-state index contributed by atoms with van der Waals surface area (Å²) >= 11 is 0. The van der Waals surface area contributed by atoms with E-state index in [1.807, 2.05) is 31.2 Å². The van der Waals surface area contributed by atoms with E-state index in [0.717, 1.165) is 17.0 Å². The van der Waals surface area contributed by atoms with Crippen molar-refractivity contribution in [3.8, 4) is 5.75 Å². The van der Waals surface area contributed by atoms with Gasteiger partial charge in [-0.05, 0) is 43.2 Å². The summed E-state index contributed by atoms with van der Waals surface area (Å²) in [5, 5.41) is 0. The number of aromatic nitrogens is 1. The number of rotatable bonds is 4. The normalized spacial score (nSPS) is 12.2. The average molecular weight is 260 g/mol. The fourth-order valence-electron chi connectivity index (χ4n) is 1.97. The van der Waals surface area contributed by atoms with Gasteiger partial charge in [0.1, 0.15) is 0 Å². The summed E-state index contributed by atoms with van der Waals surface area (Å²) in [5.74, 6) is -0.129. The Hall–Kier alpha value is -1.94. The van der Waals surface area contributed by atoms with Crippen LogP contribution >= 0.6 is 0 Å². The van der Waals surface area contributed by atoms with Crippen LogP contribution in [0.4, 0.5) is 4.39 Å². The van der Waals surface area contributed by atoms with Crippen LogP contribution in [0.1, 0.15) is 23.0 Å². The van der Waals surface area contributed by atoms with Gasteiger partial charge in [-0.1, -0.05) is 12.1 Å². The lowest BCUT2D eigenvalue weighted by atomic mass is 10.0. The molecule has 0 aliphatic rings. The number of ether oxygens (including phenoxy) is 1. The second-order valence-electron chi connectivity index (χ2n) is 4.48. The van der Waals surface area contributed by atoms with Crippen LogP contribution in [0.2, 0.25) is 0 Å². The van der Waals surface area contributed by atoms with Crippen LogP contribution in [-0.2, 0) is 6.42 Å². The summed E-state index contributed by atoms with van der Waals surface area (Å²) in [6.45, 7) is 1.92. The van der Waals surface area contributed by atoms with Crippen molar-refractivity contribution in [2.24, 2.45) is 5.73 Å². The molecule has 0 aliphatic carbocycles. The van der Waals surface area contributed by atoms with Crippen molar-refractivity contribution >= 4 is 0 Å². The molecule has 1 aromatic heterocycles. The lowest BCUT2D eigenvalue weighted by Crippen LogP contribution is -2.15. The molecule has 0 saturated heterocycles. The Labute approximate surface area is 112 Å². The fourth-order valence-corrected chi connectivity index (χ4v) is 1.97. The first-order chi connectivity index (χ1) is 9.10. The number of nitrogens with zero attached hydrogens (tertiary/aromatic N) is 1. The standard InChI is InChI=1S/C15H17FN2O/c1-10-4-3-5-14(18-10)13(17)9-11-6-7-15(19-2)12(16)8-11/h3-8,13H,9,17H2,1-2H3. The van der Waals surface area contributed by atoms with Crippen molar-refractivity contribution < 1.29 is 9.13 Å². The number of methoxy groups -OCH3 is 1. The Balaban J connectivity index is 2.14. The van der Waals surface area contributed by atoms with Crippen molar-refractivity contribution in [1.82, 2.24) is 4.98 Å². The Morgan fingerprint density at radius 3 is 2.74 bits per heavy atom. The largest absolute Gasteiger partial charge is 0.494 e. The second kappa shape index (κ2) is 5.80. The summed E-state index contributed by atoms with van der Waals surface area (Å²) in [4.78, 5) is 4.38. The molecule has 1 unspecified atom stereocenters. The molecule has 1 aromatic carbocycles. The minimum atomic E-state index is -0.371. The lowest BCUT2D eigenvalue weighted by Gasteiger charge is -2.12. The Morgan fingerprint density at radius 2 is 2.11 bits per heavy atom. The summed E-state index contributed by atoms with van der Waals surface area (Å²) in [7, 11) is 1.44. The van der Waals surface area contributed by atoms with Crippen molar-refractivity contribution in [3.05, 3.63) is 59.2 Å². The maximum absolute atomic E-state index is 13.6. The van der Waals surface area contributed by atoms with E-state index in [2.05, 4.69) is 4.98 Å². The fraction of sp³-hybridized carbons (Fsp3) is 0.267. The Bertz CT molecular complexity index is 572. The molecule has 0 aliphatic heterocycles. The van der Waals surface area contributed by atoms with Crippen LogP contribution < -0.4 is 10.5 Å². The van der Waals surface area contributed by atoms with Crippen molar-refractivity contribution in [3.63, 3.8) is 0 Å². The molecule has 2 N–H and O–H groups in total. The summed E-state index contributed by atoms with van der Waals surface area (Å²) in [6, 6.07) is 10.4. The molecule has 0 amide bonds. The van der Waals surface area contributed by atoms with Crippen LogP contribution in [0.3, 0.4) is 0 Å². The van der Waals surface area contributed by atoms with E-state index in [1.54, 1.807) is 6.07 Å². The summed E-state index contributed by atoms with van der Waals surface area (Å²) < 4.78 is 18.5. The van der Waals surface area contributed by atoms with Gasteiger partial charge < -0.3 is 10.5 Å². The van der Waals surface area contributed by atoms with Crippen LogP contribution in [0.5, 0.6) is 5.75 Å². The zero-order valence-corrected chi connectivity index (χ0v) is 11.1. The second-order valence-corrected chi connectivity index (χ2v) is 4.48. The van der Waals surface area contributed by atoms with Gasteiger partial charge in [-0.2, -0.15) is 0 Å². The minimum Gasteiger partial charge on any atom is -0.494 e. The number of aryl methyl sites for hydroxylation is 1.